The van der Waals surface area contributed by atoms with Gasteiger partial charge in [0.05, 0.1) is 6.10 Å². The summed E-state index contributed by atoms with van der Waals surface area (Å²) in [5, 5.41) is 0. The number of hydrogen-bond donors (Lipinski definition) is 1. The Kier molecular flexibility index (Phi) is 4.16. The van der Waals surface area contributed by atoms with E-state index >= 15 is 0 Å². The van der Waals surface area contributed by atoms with Crippen LogP contribution in [0.2, 0.25) is 13.1 Å². The van der Waals surface area contributed by atoms with Crippen molar-refractivity contribution < 1.29 is 4.43 Å². The summed E-state index contributed by atoms with van der Waals surface area (Å²) < 4.78 is 6.14. The number of para-hydroxylation sites is 1. The van der Waals surface area contributed by atoms with Crippen molar-refractivity contribution in [2.24, 2.45) is 5.41 Å². The molecule has 0 amide bonds. The van der Waals surface area contributed by atoms with Crippen molar-refractivity contribution in [3.05, 3.63) is 29.8 Å². The van der Waals surface area contributed by atoms with E-state index in [1.807, 2.05) is 18.2 Å². The summed E-state index contributed by atoms with van der Waals surface area (Å²) in [6.07, 6.45) is 0.0976. The minimum Gasteiger partial charge on any atom is -0.413 e. The van der Waals surface area contributed by atoms with E-state index < -0.39 is 9.04 Å². The second-order valence-electron chi connectivity index (χ2n) is 5.56. The van der Waals surface area contributed by atoms with E-state index in [0.29, 0.717) is 0 Å². The van der Waals surface area contributed by atoms with Gasteiger partial charge in [0, 0.05) is 11.3 Å². The van der Waals surface area contributed by atoms with Crippen molar-refractivity contribution in [1.82, 2.24) is 0 Å². The average Bonchev–Trinajstić information content (AvgIpc) is 2.13. The fourth-order valence-electron chi connectivity index (χ4n) is 1.77. The van der Waals surface area contributed by atoms with E-state index in [1.54, 1.807) is 0 Å². The van der Waals surface area contributed by atoms with Crippen LogP contribution in [0.3, 0.4) is 0 Å². The van der Waals surface area contributed by atoms with Crippen molar-refractivity contribution in [2.45, 2.75) is 40.0 Å². The summed E-state index contributed by atoms with van der Waals surface area (Å²) in [5.41, 5.74) is 8.06. The molecule has 1 atom stereocenters. The fraction of sp³-hybridized carbons (Fsp3) is 0.538. The van der Waals surface area contributed by atoms with Crippen LogP contribution in [0.5, 0.6) is 0 Å². The molecule has 0 aliphatic rings. The van der Waals surface area contributed by atoms with Crippen LogP contribution in [0.1, 0.15) is 32.4 Å². The van der Waals surface area contributed by atoms with Crippen molar-refractivity contribution in [3.63, 3.8) is 0 Å². The molecule has 3 heteroatoms. The molecule has 0 aliphatic heterocycles. The first-order valence-electron chi connectivity index (χ1n) is 5.82. The first-order chi connectivity index (χ1) is 7.32. The first-order valence-corrected chi connectivity index (χ1v) is 8.60. The van der Waals surface area contributed by atoms with Gasteiger partial charge in [-0.25, -0.2) is 0 Å². The van der Waals surface area contributed by atoms with Crippen LogP contribution in [0.25, 0.3) is 0 Å². The molecular weight excluding hydrogens is 214 g/mol. The molecule has 0 spiro atoms. The Morgan fingerprint density at radius 2 is 1.75 bits per heavy atom. The maximum Gasteiger partial charge on any atom is 0.171 e. The zero-order chi connectivity index (χ0) is 12.3. The largest absolute Gasteiger partial charge is 0.413 e. The van der Waals surface area contributed by atoms with Crippen molar-refractivity contribution in [1.29, 1.82) is 0 Å². The van der Waals surface area contributed by atoms with Gasteiger partial charge in [0.15, 0.2) is 9.04 Å². The third kappa shape index (κ3) is 3.35. The van der Waals surface area contributed by atoms with E-state index in [4.69, 9.17) is 10.2 Å². The highest BCUT2D eigenvalue weighted by molar-refractivity contribution is 6.48. The normalized spacial score (nSPS) is 14.1. The Labute approximate surface area is 101 Å². The molecule has 0 saturated heterocycles. The maximum absolute atomic E-state index is 6.14. The molecule has 0 bridgehead atoms. The molecule has 0 aliphatic carbocycles. The van der Waals surface area contributed by atoms with Gasteiger partial charge >= 0.3 is 0 Å². The van der Waals surface area contributed by atoms with Crippen LogP contribution < -0.4 is 5.73 Å². The van der Waals surface area contributed by atoms with E-state index in [9.17, 15) is 0 Å². The molecule has 0 radical (unpaired) electrons. The predicted octanol–water partition coefficient (Wildman–Crippen LogP) is 3.36. The lowest BCUT2D eigenvalue weighted by Crippen LogP contribution is -2.26. The molecule has 90 valence electrons. The van der Waals surface area contributed by atoms with Crippen molar-refractivity contribution in [3.8, 4) is 0 Å². The van der Waals surface area contributed by atoms with Gasteiger partial charge in [0.2, 0.25) is 0 Å². The standard InChI is InChI=1S/C13H23NOSi/c1-13(2,3)12(15-16(4)5)10-8-6-7-9-11(10)14/h6-9,12,16H,14H2,1-5H3. The zero-order valence-corrected chi connectivity index (χ0v) is 12.1. The molecule has 0 saturated carbocycles. The monoisotopic (exact) mass is 237 g/mol. The molecule has 1 rings (SSSR count). The van der Waals surface area contributed by atoms with Crippen LogP contribution in [-0.4, -0.2) is 9.04 Å². The lowest BCUT2D eigenvalue weighted by atomic mass is 9.84. The molecular formula is C13H23NOSi. The molecule has 2 nitrogen and oxygen atoms in total. The third-order valence-corrected chi connectivity index (χ3v) is 3.29. The summed E-state index contributed by atoms with van der Waals surface area (Å²) in [4.78, 5) is 0. The minimum absolute atomic E-state index is 0.0761. The number of nitrogen functional groups attached to an aromatic ring is 1. The molecule has 0 aromatic heterocycles. The van der Waals surface area contributed by atoms with Gasteiger partial charge in [0.25, 0.3) is 0 Å². The van der Waals surface area contributed by atoms with E-state index in [1.165, 1.54) is 0 Å². The van der Waals surface area contributed by atoms with Crippen molar-refractivity contribution >= 4 is 14.7 Å². The molecule has 16 heavy (non-hydrogen) atoms. The highest BCUT2D eigenvalue weighted by Crippen LogP contribution is 2.38. The number of nitrogens with two attached hydrogens (primary N) is 1. The predicted molar refractivity (Wildman–Crippen MR) is 73.0 cm³/mol. The zero-order valence-electron chi connectivity index (χ0n) is 10.9. The van der Waals surface area contributed by atoms with Crippen LogP contribution in [0.4, 0.5) is 5.69 Å². The SMILES string of the molecule is C[SiH](C)OC(c1ccccc1N)C(C)(C)C. The quantitative estimate of drug-likeness (QED) is 0.646. The Hall–Kier alpha value is -0.803. The van der Waals surface area contributed by atoms with E-state index in [-0.39, 0.29) is 11.5 Å². The maximum atomic E-state index is 6.14. The third-order valence-electron chi connectivity index (χ3n) is 2.47. The molecule has 1 unspecified atom stereocenters. The Bertz CT molecular complexity index is 344. The minimum atomic E-state index is -1.07. The Morgan fingerprint density at radius 1 is 1.19 bits per heavy atom. The highest BCUT2D eigenvalue weighted by atomic mass is 28.3. The van der Waals surface area contributed by atoms with Gasteiger partial charge < -0.3 is 10.2 Å². The molecule has 1 aromatic carbocycles. The molecule has 1 aromatic rings. The second-order valence-corrected chi connectivity index (χ2v) is 7.93. The molecule has 2 N–H and O–H groups in total. The van der Waals surface area contributed by atoms with Crippen LogP contribution >= 0.6 is 0 Å². The number of anilines is 1. The Morgan fingerprint density at radius 3 is 2.19 bits per heavy atom. The number of benzene rings is 1. The average molecular weight is 237 g/mol. The highest BCUT2D eigenvalue weighted by Gasteiger charge is 2.29. The van der Waals surface area contributed by atoms with E-state index in [2.05, 4.69) is 39.9 Å². The van der Waals surface area contributed by atoms with Crippen LogP contribution in [0.15, 0.2) is 24.3 Å². The summed E-state index contributed by atoms with van der Waals surface area (Å²) in [6, 6.07) is 8.00. The van der Waals surface area contributed by atoms with Gasteiger partial charge in [-0.05, 0) is 24.6 Å². The summed E-state index contributed by atoms with van der Waals surface area (Å²) in [6.45, 7) is 11.0. The van der Waals surface area contributed by atoms with Crippen LogP contribution in [0, 0.1) is 5.41 Å². The molecule has 0 heterocycles. The fourth-order valence-corrected chi connectivity index (χ4v) is 2.86. The number of hydrogen-bond acceptors (Lipinski definition) is 2. The van der Waals surface area contributed by atoms with Gasteiger partial charge in [0.1, 0.15) is 0 Å². The van der Waals surface area contributed by atoms with Gasteiger partial charge in [-0.3, -0.25) is 0 Å². The first kappa shape index (κ1) is 13.3. The van der Waals surface area contributed by atoms with Gasteiger partial charge in [-0.15, -0.1) is 0 Å². The lowest BCUT2D eigenvalue weighted by molar-refractivity contribution is 0.0872. The van der Waals surface area contributed by atoms with E-state index in [0.717, 1.165) is 11.3 Å². The summed E-state index contributed by atoms with van der Waals surface area (Å²) in [5.74, 6) is 0. The topological polar surface area (TPSA) is 35.2 Å². The van der Waals surface area contributed by atoms with Crippen LogP contribution in [-0.2, 0) is 4.43 Å². The summed E-state index contributed by atoms with van der Waals surface area (Å²) in [7, 11) is -1.07. The van der Waals surface area contributed by atoms with Gasteiger partial charge in [-0.1, -0.05) is 39.0 Å². The lowest BCUT2D eigenvalue weighted by Gasteiger charge is -2.33. The number of rotatable bonds is 3. The van der Waals surface area contributed by atoms with Crippen molar-refractivity contribution in [2.75, 3.05) is 5.73 Å². The summed E-state index contributed by atoms with van der Waals surface area (Å²) >= 11 is 0. The molecule has 0 fully saturated rings. The second kappa shape index (κ2) is 5.02. The smallest absolute Gasteiger partial charge is 0.171 e. The Balaban J connectivity index is 3.07. The van der Waals surface area contributed by atoms with Gasteiger partial charge in [-0.2, -0.15) is 0 Å².